The lowest BCUT2D eigenvalue weighted by Gasteiger charge is -2.12. The zero-order valence-corrected chi connectivity index (χ0v) is 19.6. The van der Waals surface area contributed by atoms with Crippen LogP contribution in [0.2, 0.25) is 0 Å². The average molecular weight is 466 g/mol. The fourth-order valence-electron chi connectivity index (χ4n) is 3.12. The number of likely N-dealkylation sites (N-methyl/N-ethyl adjacent to an activating group) is 1. The molecule has 33 heavy (non-hydrogen) atoms. The number of hydrogen-bond acceptors (Lipinski definition) is 4. The minimum Gasteiger partial charge on any atom is -0.349 e. The van der Waals surface area contributed by atoms with Crippen molar-refractivity contribution in [1.82, 2.24) is 9.62 Å². The normalized spacial score (nSPS) is 11.1. The minimum absolute atomic E-state index is 0.0129. The van der Waals surface area contributed by atoms with Gasteiger partial charge in [0, 0.05) is 31.9 Å². The van der Waals surface area contributed by atoms with E-state index >= 15 is 0 Å². The van der Waals surface area contributed by atoms with Crippen LogP contribution in [0.15, 0.2) is 77.7 Å². The third kappa shape index (κ3) is 6.50. The molecule has 8 heteroatoms. The van der Waals surface area contributed by atoms with Gasteiger partial charge in [-0.15, -0.1) is 0 Å². The molecule has 172 valence electrons. The highest BCUT2D eigenvalue weighted by Crippen LogP contribution is 2.19. The molecule has 2 N–H and O–H groups in total. The number of sulfonamides is 1. The minimum atomic E-state index is -3.81. The third-order valence-electron chi connectivity index (χ3n) is 5.11. The van der Waals surface area contributed by atoms with Gasteiger partial charge in [-0.05, 0) is 47.9 Å². The van der Waals surface area contributed by atoms with E-state index in [1.165, 1.54) is 11.0 Å². The van der Waals surface area contributed by atoms with Crippen molar-refractivity contribution < 1.29 is 18.0 Å². The van der Waals surface area contributed by atoms with Gasteiger partial charge >= 0.3 is 0 Å². The van der Waals surface area contributed by atoms with E-state index in [4.69, 9.17) is 0 Å². The van der Waals surface area contributed by atoms with E-state index in [0.29, 0.717) is 11.3 Å². The molecule has 0 fully saturated rings. The van der Waals surface area contributed by atoms with Crippen LogP contribution >= 0.6 is 0 Å². The quantitative estimate of drug-likeness (QED) is 0.533. The molecule has 0 heterocycles. The van der Waals surface area contributed by atoms with Crippen LogP contribution in [0, 0.1) is 6.92 Å². The predicted octanol–water partition coefficient (Wildman–Crippen LogP) is 3.36. The van der Waals surface area contributed by atoms with Crippen molar-refractivity contribution in [2.24, 2.45) is 0 Å². The van der Waals surface area contributed by atoms with Gasteiger partial charge in [0.15, 0.2) is 0 Å². The fraction of sp³-hybridized carbons (Fsp3) is 0.200. The summed E-state index contributed by atoms with van der Waals surface area (Å²) in [6.45, 7) is 1.84. The first-order valence-corrected chi connectivity index (χ1v) is 11.9. The topological polar surface area (TPSA) is 95.6 Å². The molecule has 0 aliphatic rings. The predicted molar refractivity (Wildman–Crippen MR) is 128 cm³/mol. The maximum Gasteiger partial charge on any atom is 0.255 e. The van der Waals surface area contributed by atoms with Crippen LogP contribution < -0.4 is 10.0 Å². The number of hydrogen-bond donors (Lipinski definition) is 2. The van der Waals surface area contributed by atoms with E-state index < -0.39 is 15.9 Å². The number of carbonyl (C=O) groups is 2. The molecule has 2 amide bonds. The van der Waals surface area contributed by atoms with Gasteiger partial charge in [-0.3, -0.25) is 9.59 Å². The van der Waals surface area contributed by atoms with Gasteiger partial charge < -0.3 is 10.2 Å². The first-order valence-electron chi connectivity index (χ1n) is 10.4. The molecule has 0 saturated carbocycles. The monoisotopic (exact) mass is 465 g/mol. The van der Waals surface area contributed by atoms with E-state index in [-0.39, 0.29) is 29.3 Å². The van der Waals surface area contributed by atoms with Crippen LogP contribution in [0.5, 0.6) is 0 Å². The summed E-state index contributed by atoms with van der Waals surface area (Å²) >= 11 is 0. The third-order valence-corrected chi connectivity index (χ3v) is 6.66. The van der Waals surface area contributed by atoms with Crippen molar-refractivity contribution in [3.05, 3.63) is 95.1 Å². The Morgan fingerprint density at radius 1 is 0.879 bits per heavy atom. The number of benzene rings is 3. The van der Waals surface area contributed by atoms with Crippen molar-refractivity contribution >= 4 is 27.5 Å². The summed E-state index contributed by atoms with van der Waals surface area (Å²) < 4.78 is 28.3. The Balaban J connectivity index is 1.71. The molecular weight excluding hydrogens is 438 g/mol. The maximum atomic E-state index is 12.9. The molecule has 0 saturated heterocycles. The maximum absolute atomic E-state index is 12.9. The summed E-state index contributed by atoms with van der Waals surface area (Å²) in [6.07, 6.45) is 0.274. The van der Waals surface area contributed by atoms with Crippen LogP contribution in [0.1, 0.15) is 27.0 Å². The highest BCUT2D eigenvalue weighted by atomic mass is 32.2. The van der Waals surface area contributed by atoms with Gasteiger partial charge in [-0.25, -0.2) is 13.1 Å². The second-order valence-corrected chi connectivity index (χ2v) is 9.64. The lowest BCUT2D eigenvalue weighted by atomic mass is 10.1. The molecule has 0 radical (unpaired) electrons. The van der Waals surface area contributed by atoms with E-state index in [1.807, 2.05) is 30.3 Å². The number of anilines is 1. The van der Waals surface area contributed by atoms with E-state index in [0.717, 1.165) is 11.1 Å². The van der Waals surface area contributed by atoms with Gasteiger partial charge in [-0.1, -0.05) is 48.5 Å². The molecule has 3 aromatic rings. The van der Waals surface area contributed by atoms with E-state index in [9.17, 15) is 18.0 Å². The first kappa shape index (κ1) is 24.2. The number of amides is 2. The lowest BCUT2D eigenvalue weighted by Crippen LogP contribution is -2.24. The van der Waals surface area contributed by atoms with E-state index in [2.05, 4.69) is 10.0 Å². The molecule has 0 aromatic heterocycles. The fourth-order valence-corrected chi connectivity index (χ4v) is 4.41. The van der Waals surface area contributed by atoms with Gasteiger partial charge in [-0.2, -0.15) is 0 Å². The first-order chi connectivity index (χ1) is 15.7. The molecule has 0 bridgehead atoms. The second-order valence-electron chi connectivity index (χ2n) is 7.91. The van der Waals surface area contributed by atoms with Crippen LogP contribution in [0.4, 0.5) is 5.69 Å². The Bertz CT molecular complexity index is 1240. The lowest BCUT2D eigenvalue weighted by molar-refractivity contribution is -0.127. The molecule has 7 nitrogen and oxygen atoms in total. The number of aryl methyl sites for hydroxylation is 1. The van der Waals surface area contributed by atoms with Crippen molar-refractivity contribution in [2.75, 3.05) is 19.4 Å². The van der Waals surface area contributed by atoms with Crippen molar-refractivity contribution in [3.63, 3.8) is 0 Å². The Morgan fingerprint density at radius 3 is 2.18 bits per heavy atom. The standard InChI is InChI=1S/C25H27N3O4S/c1-18-9-12-21(16-23(18)33(31,32)26-17-20-7-5-4-6-8-20)25(30)27-22-13-10-19(11-14-22)15-24(29)28(2)3/h4-14,16,26H,15,17H2,1-3H3,(H,27,30). The Kier molecular flexibility index (Phi) is 7.63. The summed E-state index contributed by atoms with van der Waals surface area (Å²) in [6, 6.07) is 20.8. The number of nitrogens with zero attached hydrogens (tertiary/aromatic N) is 1. The van der Waals surface area contributed by atoms with Crippen LogP contribution in [-0.2, 0) is 27.8 Å². The van der Waals surface area contributed by atoms with Crippen molar-refractivity contribution in [2.45, 2.75) is 24.8 Å². The zero-order valence-electron chi connectivity index (χ0n) is 18.8. The summed E-state index contributed by atoms with van der Waals surface area (Å²) in [5.41, 5.74) is 2.99. The Hall–Kier alpha value is -3.49. The molecule has 3 rings (SSSR count). The summed E-state index contributed by atoms with van der Waals surface area (Å²) in [5.74, 6) is -0.437. The summed E-state index contributed by atoms with van der Waals surface area (Å²) in [4.78, 5) is 26.2. The summed E-state index contributed by atoms with van der Waals surface area (Å²) in [7, 11) is -0.411. The largest absolute Gasteiger partial charge is 0.349 e. The van der Waals surface area contributed by atoms with Crippen molar-refractivity contribution in [3.8, 4) is 0 Å². The molecule has 3 aromatic carbocycles. The van der Waals surface area contributed by atoms with E-state index in [1.54, 1.807) is 57.4 Å². The zero-order chi connectivity index (χ0) is 24.0. The number of nitrogens with one attached hydrogen (secondary N) is 2. The molecule has 0 atom stereocenters. The number of carbonyl (C=O) groups excluding carboxylic acids is 2. The van der Waals surface area contributed by atoms with Gasteiger partial charge in [0.2, 0.25) is 15.9 Å². The highest BCUT2D eigenvalue weighted by Gasteiger charge is 2.19. The second kappa shape index (κ2) is 10.4. The van der Waals surface area contributed by atoms with Gasteiger partial charge in [0.05, 0.1) is 11.3 Å². The highest BCUT2D eigenvalue weighted by molar-refractivity contribution is 7.89. The molecule has 0 aliphatic heterocycles. The molecule has 0 aliphatic carbocycles. The number of rotatable bonds is 8. The summed E-state index contributed by atoms with van der Waals surface area (Å²) in [5, 5.41) is 2.77. The molecule has 0 spiro atoms. The van der Waals surface area contributed by atoms with Gasteiger partial charge in [0.1, 0.15) is 0 Å². The SMILES string of the molecule is Cc1ccc(C(=O)Nc2ccc(CC(=O)N(C)C)cc2)cc1S(=O)(=O)NCc1ccccc1. The average Bonchev–Trinajstić information content (AvgIpc) is 2.79. The van der Waals surface area contributed by atoms with Crippen LogP contribution in [-0.4, -0.2) is 39.2 Å². The van der Waals surface area contributed by atoms with Crippen LogP contribution in [0.3, 0.4) is 0 Å². The van der Waals surface area contributed by atoms with Crippen molar-refractivity contribution in [1.29, 1.82) is 0 Å². The molecular formula is C25H27N3O4S. The Morgan fingerprint density at radius 2 is 1.55 bits per heavy atom. The van der Waals surface area contributed by atoms with Crippen LogP contribution in [0.25, 0.3) is 0 Å². The molecule has 0 unspecified atom stereocenters. The Labute approximate surface area is 194 Å². The van der Waals surface area contributed by atoms with Gasteiger partial charge in [0.25, 0.3) is 5.91 Å². The smallest absolute Gasteiger partial charge is 0.255 e.